The average Bonchev–Trinajstić information content (AvgIpc) is 2.08. The lowest BCUT2D eigenvalue weighted by Gasteiger charge is -2.26. The fraction of sp³-hybridized carbons (Fsp3) is 1.00. The Morgan fingerprint density at radius 2 is 1.77 bits per heavy atom. The van der Waals surface area contributed by atoms with Gasteiger partial charge in [0.05, 0.1) is 0 Å². The van der Waals surface area contributed by atoms with Crippen molar-refractivity contribution in [1.29, 1.82) is 0 Å². The van der Waals surface area contributed by atoms with E-state index >= 15 is 0 Å². The molecule has 0 aliphatic heterocycles. The van der Waals surface area contributed by atoms with Gasteiger partial charge in [0.1, 0.15) is 0 Å². The first kappa shape index (κ1) is 11.0. The van der Waals surface area contributed by atoms with Crippen molar-refractivity contribution in [3.8, 4) is 0 Å². The van der Waals surface area contributed by atoms with Gasteiger partial charge in [-0.3, -0.25) is 0 Å². The molecule has 1 fully saturated rings. The van der Waals surface area contributed by atoms with Crippen LogP contribution in [0.2, 0.25) is 0 Å². The number of nitrogens with two attached hydrogens (primary N) is 1. The second-order valence-electron chi connectivity index (χ2n) is 4.73. The first-order valence-corrected chi connectivity index (χ1v) is 5.59. The van der Waals surface area contributed by atoms with Crippen LogP contribution in [0.3, 0.4) is 0 Å². The molecule has 1 rings (SSSR count). The highest BCUT2D eigenvalue weighted by atomic mass is 15.0. The van der Waals surface area contributed by atoms with Gasteiger partial charge in [-0.2, -0.15) is 0 Å². The summed E-state index contributed by atoms with van der Waals surface area (Å²) in [5.41, 5.74) is 5.87. The predicted molar refractivity (Wildman–Crippen MR) is 57.7 cm³/mol. The van der Waals surface area contributed by atoms with E-state index in [-0.39, 0.29) is 0 Å². The van der Waals surface area contributed by atoms with E-state index in [9.17, 15) is 0 Å². The third-order valence-corrected chi connectivity index (χ3v) is 3.11. The van der Waals surface area contributed by atoms with Crippen molar-refractivity contribution in [2.24, 2.45) is 11.7 Å². The predicted octanol–water partition coefficient (Wildman–Crippen LogP) is 1.85. The van der Waals surface area contributed by atoms with Crippen molar-refractivity contribution < 1.29 is 0 Å². The van der Waals surface area contributed by atoms with Crippen LogP contribution in [0.15, 0.2) is 0 Å². The first-order valence-electron chi connectivity index (χ1n) is 5.59. The summed E-state index contributed by atoms with van der Waals surface area (Å²) in [5.74, 6) is 0.972. The molecule has 0 radical (unpaired) electrons. The number of hydrogen-bond donors (Lipinski definition) is 1. The third kappa shape index (κ3) is 4.63. The summed E-state index contributed by atoms with van der Waals surface area (Å²) < 4.78 is 0. The van der Waals surface area contributed by atoms with Crippen LogP contribution in [-0.2, 0) is 0 Å². The van der Waals surface area contributed by atoms with E-state index in [0.29, 0.717) is 6.04 Å². The summed E-state index contributed by atoms with van der Waals surface area (Å²) >= 11 is 0. The molecule has 0 aromatic carbocycles. The quantitative estimate of drug-likeness (QED) is 0.722. The molecule has 0 amide bonds. The van der Waals surface area contributed by atoms with Crippen LogP contribution in [0.5, 0.6) is 0 Å². The summed E-state index contributed by atoms with van der Waals surface area (Å²) in [7, 11) is 4.30. The zero-order valence-corrected chi connectivity index (χ0v) is 9.13. The van der Waals surface area contributed by atoms with Gasteiger partial charge >= 0.3 is 0 Å². The molecule has 2 nitrogen and oxygen atoms in total. The van der Waals surface area contributed by atoms with Gasteiger partial charge in [0, 0.05) is 6.04 Å². The summed E-state index contributed by atoms with van der Waals surface area (Å²) in [6.07, 6.45) is 8.01. The first-order chi connectivity index (χ1) is 6.18. The smallest absolute Gasteiger partial charge is 0.00390 e. The molecule has 1 aliphatic rings. The Kier molecular flexibility index (Phi) is 4.74. The molecule has 0 heterocycles. The summed E-state index contributed by atoms with van der Waals surface area (Å²) in [5, 5.41) is 0. The van der Waals surface area contributed by atoms with Gasteiger partial charge in [0.15, 0.2) is 0 Å². The monoisotopic (exact) mass is 184 g/mol. The van der Waals surface area contributed by atoms with Gasteiger partial charge in [-0.1, -0.05) is 0 Å². The Labute approximate surface area is 82.5 Å². The van der Waals surface area contributed by atoms with Crippen LogP contribution in [0.1, 0.15) is 38.5 Å². The van der Waals surface area contributed by atoms with Gasteiger partial charge in [-0.05, 0) is 65.1 Å². The van der Waals surface area contributed by atoms with Crippen molar-refractivity contribution in [3.05, 3.63) is 0 Å². The fourth-order valence-corrected chi connectivity index (χ4v) is 2.17. The highest BCUT2D eigenvalue weighted by Gasteiger charge is 2.17. The number of rotatable bonds is 4. The van der Waals surface area contributed by atoms with Crippen LogP contribution >= 0.6 is 0 Å². The molecule has 0 saturated heterocycles. The zero-order valence-electron chi connectivity index (χ0n) is 9.13. The lowest BCUT2D eigenvalue weighted by molar-refractivity contribution is 0.289. The minimum absolute atomic E-state index is 0.505. The second-order valence-corrected chi connectivity index (χ2v) is 4.73. The van der Waals surface area contributed by atoms with Gasteiger partial charge in [0.2, 0.25) is 0 Å². The Morgan fingerprint density at radius 1 is 1.15 bits per heavy atom. The van der Waals surface area contributed by atoms with Gasteiger partial charge < -0.3 is 10.6 Å². The summed E-state index contributed by atoms with van der Waals surface area (Å²) in [4.78, 5) is 2.27. The minimum Gasteiger partial charge on any atom is -0.328 e. The van der Waals surface area contributed by atoms with E-state index in [1.54, 1.807) is 0 Å². The van der Waals surface area contributed by atoms with E-state index < -0.39 is 0 Å². The van der Waals surface area contributed by atoms with Gasteiger partial charge in [-0.15, -0.1) is 0 Å². The Morgan fingerprint density at radius 3 is 2.31 bits per heavy atom. The van der Waals surface area contributed by atoms with Crippen molar-refractivity contribution >= 4 is 0 Å². The number of hydrogen-bond acceptors (Lipinski definition) is 2. The molecular formula is C11H24N2. The van der Waals surface area contributed by atoms with Crippen molar-refractivity contribution in [2.75, 3.05) is 20.6 Å². The standard InChI is InChI=1S/C11H24N2/c1-13(2)9-3-4-10-5-7-11(12)8-6-10/h10-11H,3-9,12H2,1-2H3. The second kappa shape index (κ2) is 5.61. The van der Waals surface area contributed by atoms with E-state index in [0.717, 1.165) is 5.92 Å². The van der Waals surface area contributed by atoms with Crippen molar-refractivity contribution in [1.82, 2.24) is 4.90 Å². The van der Waals surface area contributed by atoms with E-state index in [2.05, 4.69) is 19.0 Å². The Hall–Kier alpha value is -0.0800. The zero-order chi connectivity index (χ0) is 9.68. The largest absolute Gasteiger partial charge is 0.328 e. The van der Waals surface area contributed by atoms with E-state index in [1.807, 2.05) is 0 Å². The molecule has 1 aliphatic carbocycles. The normalized spacial score (nSPS) is 29.5. The molecule has 13 heavy (non-hydrogen) atoms. The average molecular weight is 184 g/mol. The van der Waals surface area contributed by atoms with Crippen molar-refractivity contribution in [3.63, 3.8) is 0 Å². The van der Waals surface area contributed by atoms with Crippen molar-refractivity contribution in [2.45, 2.75) is 44.6 Å². The van der Waals surface area contributed by atoms with Crippen LogP contribution in [0, 0.1) is 5.92 Å². The van der Waals surface area contributed by atoms with Gasteiger partial charge in [0.25, 0.3) is 0 Å². The van der Waals surface area contributed by atoms with Crippen LogP contribution < -0.4 is 5.73 Å². The molecule has 0 unspecified atom stereocenters. The summed E-state index contributed by atoms with van der Waals surface area (Å²) in [6.45, 7) is 1.24. The SMILES string of the molecule is CN(C)CCCC1CCC(N)CC1. The molecule has 0 bridgehead atoms. The lowest BCUT2D eigenvalue weighted by Crippen LogP contribution is -2.26. The highest BCUT2D eigenvalue weighted by molar-refractivity contribution is 4.74. The molecule has 2 heteroatoms. The summed E-state index contributed by atoms with van der Waals surface area (Å²) in [6, 6.07) is 0.505. The van der Waals surface area contributed by atoms with E-state index in [4.69, 9.17) is 5.73 Å². The Balaban J connectivity index is 2.02. The number of nitrogens with zero attached hydrogens (tertiary/aromatic N) is 1. The van der Waals surface area contributed by atoms with Crippen LogP contribution in [0.4, 0.5) is 0 Å². The minimum atomic E-state index is 0.505. The lowest BCUT2D eigenvalue weighted by atomic mass is 9.84. The Bertz CT molecular complexity index is 126. The molecule has 0 aromatic rings. The molecule has 0 aromatic heterocycles. The molecular weight excluding hydrogens is 160 g/mol. The molecule has 0 atom stereocenters. The van der Waals surface area contributed by atoms with Gasteiger partial charge in [-0.25, -0.2) is 0 Å². The molecule has 78 valence electrons. The van der Waals surface area contributed by atoms with Crippen LogP contribution in [-0.4, -0.2) is 31.6 Å². The fourth-order valence-electron chi connectivity index (χ4n) is 2.17. The van der Waals surface area contributed by atoms with E-state index in [1.165, 1.54) is 45.1 Å². The molecule has 2 N–H and O–H groups in total. The molecule has 1 saturated carbocycles. The third-order valence-electron chi connectivity index (χ3n) is 3.11. The maximum absolute atomic E-state index is 5.87. The maximum Gasteiger partial charge on any atom is 0.00390 e. The maximum atomic E-state index is 5.87. The highest BCUT2D eigenvalue weighted by Crippen LogP contribution is 2.26. The topological polar surface area (TPSA) is 29.3 Å². The molecule has 0 spiro atoms. The van der Waals surface area contributed by atoms with Crippen LogP contribution in [0.25, 0.3) is 0 Å².